The molecule has 7 heteroatoms. The van der Waals surface area contributed by atoms with Crippen molar-refractivity contribution >= 4 is 33.2 Å². The number of ether oxygens (including phenoxy) is 1. The van der Waals surface area contributed by atoms with Crippen LogP contribution in [0.25, 0.3) is 0 Å². The fraction of sp³-hybridized carbons (Fsp3) is 0.278. The van der Waals surface area contributed by atoms with Crippen molar-refractivity contribution in [1.29, 1.82) is 0 Å². The van der Waals surface area contributed by atoms with E-state index in [1.165, 1.54) is 6.07 Å². The fourth-order valence-electron chi connectivity index (χ4n) is 2.17. The molecule has 25 heavy (non-hydrogen) atoms. The van der Waals surface area contributed by atoms with Crippen molar-refractivity contribution in [3.8, 4) is 5.75 Å². The number of hydrogen-bond acceptors (Lipinski definition) is 4. The molecule has 0 aliphatic heterocycles. The number of benzene rings is 2. The molecule has 1 amide bonds. The highest BCUT2D eigenvalue weighted by molar-refractivity contribution is 9.10. The Hall–Kier alpha value is -2.41. The number of halogens is 1. The van der Waals surface area contributed by atoms with Crippen molar-refractivity contribution in [2.75, 3.05) is 11.9 Å². The Morgan fingerprint density at radius 2 is 2.04 bits per heavy atom. The first-order valence-corrected chi connectivity index (χ1v) is 8.56. The van der Waals surface area contributed by atoms with Crippen molar-refractivity contribution in [2.24, 2.45) is 5.92 Å². The van der Waals surface area contributed by atoms with Crippen molar-refractivity contribution in [1.82, 2.24) is 0 Å². The number of nitro benzene ring substituents is 1. The van der Waals surface area contributed by atoms with Gasteiger partial charge >= 0.3 is 0 Å². The molecule has 0 atom stereocenters. The maximum absolute atomic E-state index is 12.4. The lowest BCUT2D eigenvalue weighted by Gasteiger charge is -2.12. The first-order chi connectivity index (χ1) is 11.8. The molecule has 0 aromatic heterocycles. The number of amides is 1. The zero-order valence-corrected chi connectivity index (χ0v) is 15.8. The summed E-state index contributed by atoms with van der Waals surface area (Å²) in [5.41, 5.74) is 1.22. The minimum absolute atomic E-state index is 0.0311. The first kappa shape index (κ1) is 18.9. The maximum atomic E-state index is 12.4. The molecule has 0 aliphatic carbocycles. The van der Waals surface area contributed by atoms with Crippen LogP contribution in [0.15, 0.2) is 40.9 Å². The van der Waals surface area contributed by atoms with Crippen LogP contribution in [0.4, 0.5) is 11.4 Å². The SMILES string of the molecule is Cc1c(NC(=O)c2ccc(OCC(C)C)c(Br)c2)cccc1[N+](=O)[O-]. The van der Waals surface area contributed by atoms with Crippen LogP contribution >= 0.6 is 15.9 Å². The van der Waals surface area contributed by atoms with Crippen molar-refractivity contribution in [3.63, 3.8) is 0 Å². The molecule has 2 rings (SSSR count). The molecule has 132 valence electrons. The van der Waals surface area contributed by atoms with Crippen molar-refractivity contribution < 1.29 is 14.5 Å². The number of anilines is 1. The highest BCUT2D eigenvalue weighted by atomic mass is 79.9. The van der Waals surface area contributed by atoms with Crippen LogP contribution in [0.3, 0.4) is 0 Å². The molecule has 2 aromatic rings. The second-order valence-electron chi connectivity index (χ2n) is 6.01. The van der Waals surface area contributed by atoms with E-state index >= 15 is 0 Å². The number of hydrogen-bond donors (Lipinski definition) is 1. The molecular weight excluding hydrogens is 388 g/mol. The van der Waals surface area contributed by atoms with Crippen molar-refractivity contribution in [2.45, 2.75) is 20.8 Å². The van der Waals surface area contributed by atoms with E-state index in [-0.39, 0.29) is 11.6 Å². The van der Waals surface area contributed by atoms with Crippen LogP contribution in [-0.2, 0) is 0 Å². The lowest BCUT2D eigenvalue weighted by Crippen LogP contribution is -2.13. The fourth-order valence-corrected chi connectivity index (χ4v) is 2.66. The minimum atomic E-state index is -0.470. The summed E-state index contributed by atoms with van der Waals surface area (Å²) in [4.78, 5) is 23.0. The van der Waals surface area contributed by atoms with Gasteiger partial charge in [-0.2, -0.15) is 0 Å². The van der Waals surface area contributed by atoms with Gasteiger partial charge in [0.1, 0.15) is 5.75 Å². The molecular formula is C18H19BrN2O4. The van der Waals surface area contributed by atoms with Crippen molar-refractivity contribution in [3.05, 3.63) is 62.1 Å². The topological polar surface area (TPSA) is 81.5 Å². The number of rotatable bonds is 6. The van der Waals surface area contributed by atoms with Crippen LogP contribution in [0.2, 0.25) is 0 Å². The highest BCUT2D eigenvalue weighted by Gasteiger charge is 2.16. The van der Waals surface area contributed by atoms with Crippen LogP contribution in [-0.4, -0.2) is 17.4 Å². The van der Waals surface area contributed by atoms with Gasteiger partial charge in [-0.1, -0.05) is 19.9 Å². The molecule has 0 saturated carbocycles. The normalized spacial score (nSPS) is 10.6. The standard InChI is InChI=1S/C18H19BrN2O4/c1-11(2)10-25-17-8-7-13(9-14(17)19)18(22)20-15-5-4-6-16(12(15)3)21(23)24/h4-9,11H,10H2,1-3H3,(H,20,22). The number of nitrogens with one attached hydrogen (secondary N) is 1. The zero-order chi connectivity index (χ0) is 18.6. The van der Waals surface area contributed by atoms with Gasteiger partial charge in [0.05, 0.1) is 27.3 Å². The Balaban J connectivity index is 2.18. The molecule has 0 bridgehead atoms. The van der Waals surface area contributed by atoms with Crippen LogP contribution in [0, 0.1) is 23.0 Å². The lowest BCUT2D eigenvalue weighted by atomic mass is 10.1. The van der Waals surface area contributed by atoms with Gasteiger partial charge in [0.15, 0.2) is 0 Å². The van der Waals surface area contributed by atoms with Gasteiger partial charge < -0.3 is 10.1 Å². The number of carbonyl (C=O) groups is 1. The van der Waals surface area contributed by atoms with Crippen LogP contribution in [0.5, 0.6) is 5.75 Å². The molecule has 1 N–H and O–H groups in total. The Labute approximate surface area is 154 Å². The molecule has 6 nitrogen and oxygen atoms in total. The van der Waals surface area contributed by atoms with Gasteiger partial charge in [-0.05, 0) is 53.0 Å². The Bertz CT molecular complexity index is 806. The second kappa shape index (κ2) is 8.11. The van der Waals surface area contributed by atoms with E-state index in [2.05, 4.69) is 35.1 Å². The molecule has 0 radical (unpaired) electrons. The third kappa shape index (κ3) is 4.79. The molecule has 0 unspecified atom stereocenters. The molecule has 0 spiro atoms. The van der Waals surface area contributed by atoms with E-state index in [0.717, 1.165) is 0 Å². The van der Waals surface area contributed by atoms with E-state index in [9.17, 15) is 14.9 Å². The Kier molecular flexibility index (Phi) is 6.14. The maximum Gasteiger partial charge on any atom is 0.274 e. The number of carbonyl (C=O) groups excluding carboxylic acids is 1. The predicted octanol–water partition coefficient (Wildman–Crippen LogP) is 4.95. The summed E-state index contributed by atoms with van der Waals surface area (Å²) < 4.78 is 6.34. The zero-order valence-electron chi connectivity index (χ0n) is 14.2. The van der Waals surface area contributed by atoms with Gasteiger partial charge in [0.2, 0.25) is 0 Å². The molecule has 0 fully saturated rings. The first-order valence-electron chi connectivity index (χ1n) is 7.77. The lowest BCUT2D eigenvalue weighted by molar-refractivity contribution is -0.385. The summed E-state index contributed by atoms with van der Waals surface area (Å²) in [5.74, 6) is 0.711. The summed E-state index contributed by atoms with van der Waals surface area (Å²) in [6.45, 7) is 6.29. The number of nitro groups is 1. The van der Waals surface area contributed by atoms with E-state index in [0.29, 0.717) is 39.6 Å². The van der Waals surface area contributed by atoms with Gasteiger partial charge in [0.25, 0.3) is 11.6 Å². The largest absolute Gasteiger partial charge is 0.492 e. The third-order valence-electron chi connectivity index (χ3n) is 3.52. The molecule has 0 heterocycles. The Morgan fingerprint density at radius 3 is 2.64 bits per heavy atom. The second-order valence-corrected chi connectivity index (χ2v) is 6.87. The van der Waals surface area contributed by atoms with E-state index < -0.39 is 4.92 Å². The monoisotopic (exact) mass is 406 g/mol. The van der Waals surface area contributed by atoms with E-state index in [1.807, 2.05) is 0 Å². The summed E-state index contributed by atoms with van der Waals surface area (Å²) in [6, 6.07) is 9.62. The van der Waals surface area contributed by atoms with E-state index in [4.69, 9.17) is 4.74 Å². The van der Waals surface area contributed by atoms with Crippen LogP contribution in [0.1, 0.15) is 29.8 Å². The average molecular weight is 407 g/mol. The minimum Gasteiger partial charge on any atom is -0.492 e. The summed E-state index contributed by atoms with van der Waals surface area (Å²) in [6.07, 6.45) is 0. The average Bonchev–Trinajstić information content (AvgIpc) is 2.55. The summed E-state index contributed by atoms with van der Waals surface area (Å²) in [5, 5.41) is 13.7. The van der Waals surface area contributed by atoms with E-state index in [1.54, 1.807) is 37.3 Å². The summed E-state index contributed by atoms with van der Waals surface area (Å²) >= 11 is 3.40. The summed E-state index contributed by atoms with van der Waals surface area (Å²) in [7, 11) is 0. The smallest absolute Gasteiger partial charge is 0.274 e. The van der Waals surface area contributed by atoms with Gasteiger partial charge in [-0.15, -0.1) is 0 Å². The molecule has 0 saturated heterocycles. The molecule has 2 aromatic carbocycles. The predicted molar refractivity (Wildman–Crippen MR) is 100 cm³/mol. The Morgan fingerprint density at radius 1 is 1.32 bits per heavy atom. The quantitative estimate of drug-likeness (QED) is 0.543. The number of nitrogens with zero attached hydrogens (tertiary/aromatic N) is 1. The van der Waals surface area contributed by atoms with Crippen LogP contribution < -0.4 is 10.1 Å². The molecule has 0 aliphatic rings. The highest BCUT2D eigenvalue weighted by Crippen LogP contribution is 2.28. The van der Waals surface area contributed by atoms with Gasteiger partial charge in [-0.25, -0.2) is 0 Å². The van der Waals surface area contributed by atoms with Gasteiger partial charge in [-0.3, -0.25) is 14.9 Å². The van der Waals surface area contributed by atoms with Gasteiger partial charge in [0, 0.05) is 11.6 Å². The third-order valence-corrected chi connectivity index (χ3v) is 4.14.